The summed E-state index contributed by atoms with van der Waals surface area (Å²) in [5.74, 6) is 0.638. The molecule has 2 aromatic carbocycles. The Bertz CT molecular complexity index is 794. The highest BCUT2D eigenvalue weighted by atomic mass is 16.5. The summed E-state index contributed by atoms with van der Waals surface area (Å²) >= 11 is 0. The van der Waals surface area contributed by atoms with Crippen molar-refractivity contribution in [1.29, 1.82) is 5.26 Å². The number of aryl methyl sites for hydroxylation is 1. The fourth-order valence-corrected chi connectivity index (χ4v) is 3.34. The second kappa shape index (κ2) is 7.85. The number of fused-ring (bicyclic) bond motifs is 1. The zero-order valence-electron chi connectivity index (χ0n) is 14.4. The van der Waals surface area contributed by atoms with E-state index < -0.39 is 6.10 Å². The first-order chi connectivity index (χ1) is 12.2. The van der Waals surface area contributed by atoms with E-state index in [2.05, 4.69) is 35.7 Å². The first-order valence-electron chi connectivity index (χ1n) is 8.70. The minimum Gasteiger partial charge on any atom is -0.480 e. The molecule has 1 N–H and O–H groups in total. The van der Waals surface area contributed by atoms with Gasteiger partial charge in [0, 0.05) is 12.5 Å². The summed E-state index contributed by atoms with van der Waals surface area (Å²) in [5, 5.41) is 12.1. The molecule has 25 heavy (non-hydrogen) atoms. The number of nitrogens with one attached hydrogen (secondary N) is 1. The van der Waals surface area contributed by atoms with Crippen LogP contribution in [0.1, 0.15) is 42.4 Å². The van der Waals surface area contributed by atoms with Gasteiger partial charge in [0.05, 0.1) is 5.56 Å². The molecule has 0 heterocycles. The summed E-state index contributed by atoms with van der Waals surface area (Å²) < 4.78 is 5.67. The molecule has 3 rings (SSSR count). The van der Waals surface area contributed by atoms with Gasteiger partial charge in [-0.3, -0.25) is 4.79 Å². The van der Waals surface area contributed by atoms with Crippen molar-refractivity contribution in [3.8, 4) is 11.8 Å². The van der Waals surface area contributed by atoms with Gasteiger partial charge in [0.1, 0.15) is 11.8 Å². The van der Waals surface area contributed by atoms with Crippen LogP contribution in [0.5, 0.6) is 5.75 Å². The molecule has 0 spiro atoms. The van der Waals surface area contributed by atoms with Crippen LogP contribution in [-0.4, -0.2) is 18.6 Å². The molecule has 0 fully saturated rings. The Morgan fingerprint density at radius 3 is 2.88 bits per heavy atom. The highest BCUT2D eigenvalue weighted by Crippen LogP contribution is 2.30. The molecule has 0 bridgehead atoms. The average Bonchev–Trinajstić information content (AvgIpc) is 2.66. The number of hydrogen-bond donors (Lipinski definition) is 1. The van der Waals surface area contributed by atoms with E-state index in [1.165, 1.54) is 11.1 Å². The van der Waals surface area contributed by atoms with Gasteiger partial charge < -0.3 is 10.1 Å². The summed E-state index contributed by atoms with van der Waals surface area (Å²) in [6, 6.07) is 17.5. The van der Waals surface area contributed by atoms with Crippen LogP contribution in [0, 0.1) is 11.3 Å². The summed E-state index contributed by atoms with van der Waals surface area (Å²) in [6.45, 7) is 2.32. The van der Waals surface area contributed by atoms with E-state index in [1.807, 2.05) is 0 Å². The quantitative estimate of drug-likeness (QED) is 0.909. The number of amides is 1. The molecule has 4 nitrogen and oxygen atoms in total. The van der Waals surface area contributed by atoms with Crippen molar-refractivity contribution in [1.82, 2.24) is 5.32 Å². The van der Waals surface area contributed by atoms with Crippen molar-refractivity contribution in [3.63, 3.8) is 0 Å². The maximum absolute atomic E-state index is 12.4. The van der Waals surface area contributed by atoms with Crippen molar-refractivity contribution >= 4 is 5.91 Å². The van der Waals surface area contributed by atoms with Crippen LogP contribution in [0.25, 0.3) is 0 Å². The fourth-order valence-electron chi connectivity index (χ4n) is 3.34. The van der Waals surface area contributed by atoms with E-state index in [1.54, 1.807) is 31.2 Å². The number of nitriles is 1. The molecule has 0 saturated heterocycles. The number of carbonyl (C=O) groups excluding carboxylic acids is 1. The van der Waals surface area contributed by atoms with Crippen LogP contribution >= 0.6 is 0 Å². The number of nitrogens with zero attached hydrogens (tertiary/aromatic N) is 1. The topological polar surface area (TPSA) is 62.1 Å². The molecule has 1 aliphatic rings. The molecular weight excluding hydrogens is 312 g/mol. The number of benzene rings is 2. The lowest BCUT2D eigenvalue weighted by atomic mass is 9.83. The second-order valence-corrected chi connectivity index (χ2v) is 6.40. The minimum atomic E-state index is -0.645. The SMILES string of the molecule is CC(Oc1ccccc1C#N)C(=O)NCC1CCCc2ccccc21. The molecule has 128 valence electrons. The van der Waals surface area contributed by atoms with Gasteiger partial charge in [0.15, 0.2) is 6.10 Å². The molecule has 2 unspecified atom stereocenters. The standard InChI is InChI=1S/C21H22N2O2/c1-15(25-20-12-5-3-8-17(20)13-22)21(24)23-14-18-10-6-9-16-7-2-4-11-19(16)18/h2-5,7-8,11-12,15,18H,6,9-10,14H2,1H3,(H,23,24). The maximum Gasteiger partial charge on any atom is 0.260 e. The molecule has 4 heteroatoms. The predicted octanol–water partition coefficient (Wildman–Crippen LogP) is 3.56. The number of rotatable bonds is 5. The smallest absolute Gasteiger partial charge is 0.260 e. The number of hydrogen-bond acceptors (Lipinski definition) is 3. The molecule has 0 radical (unpaired) electrons. The van der Waals surface area contributed by atoms with Crippen LogP contribution in [0.4, 0.5) is 0 Å². The molecule has 0 aromatic heterocycles. The monoisotopic (exact) mass is 334 g/mol. The lowest BCUT2D eigenvalue weighted by Gasteiger charge is -2.26. The zero-order valence-corrected chi connectivity index (χ0v) is 14.4. The van der Waals surface area contributed by atoms with Crippen molar-refractivity contribution in [2.75, 3.05) is 6.54 Å². The van der Waals surface area contributed by atoms with Crippen molar-refractivity contribution < 1.29 is 9.53 Å². The summed E-state index contributed by atoms with van der Waals surface area (Å²) in [7, 11) is 0. The van der Waals surface area contributed by atoms with Crippen LogP contribution in [-0.2, 0) is 11.2 Å². The third kappa shape index (κ3) is 4.00. The van der Waals surface area contributed by atoms with E-state index in [0.29, 0.717) is 23.8 Å². The molecule has 1 aliphatic carbocycles. The van der Waals surface area contributed by atoms with Gasteiger partial charge in [0.25, 0.3) is 5.91 Å². The number of ether oxygens (including phenoxy) is 1. The average molecular weight is 334 g/mol. The van der Waals surface area contributed by atoms with E-state index in [4.69, 9.17) is 10.00 Å². The first-order valence-corrected chi connectivity index (χ1v) is 8.70. The number of carbonyl (C=O) groups is 1. The van der Waals surface area contributed by atoms with Crippen molar-refractivity contribution in [3.05, 3.63) is 65.2 Å². The van der Waals surface area contributed by atoms with Crippen LogP contribution < -0.4 is 10.1 Å². The molecule has 2 aromatic rings. The van der Waals surface area contributed by atoms with Crippen molar-refractivity contribution in [2.24, 2.45) is 0 Å². The first kappa shape index (κ1) is 17.0. The van der Waals surface area contributed by atoms with Crippen LogP contribution in [0.3, 0.4) is 0 Å². The molecule has 0 saturated carbocycles. The van der Waals surface area contributed by atoms with Gasteiger partial charge >= 0.3 is 0 Å². The zero-order chi connectivity index (χ0) is 17.6. The third-order valence-corrected chi connectivity index (χ3v) is 4.70. The second-order valence-electron chi connectivity index (χ2n) is 6.40. The van der Waals surface area contributed by atoms with E-state index in [0.717, 1.165) is 19.3 Å². The Hall–Kier alpha value is -2.80. The highest BCUT2D eigenvalue weighted by molar-refractivity contribution is 5.80. The van der Waals surface area contributed by atoms with E-state index in [-0.39, 0.29) is 5.91 Å². The van der Waals surface area contributed by atoms with Crippen LogP contribution in [0.15, 0.2) is 48.5 Å². The van der Waals surface area contributed by atoms with Gasteiger partial charge in [-0.15, -0.1) is 0 Å². The van der Waals surface area contributed by atoms with Crippen LogP contribution in [0.2, 0.25) is 0 Å². The lowest BCUT2D eigenvalue weighted by Crippen LogP contribution is -2.39. The van der Waals surface area contributed by atoms with E-state index >= 15 is 0 Å². The summed E-state index contributed by atoms with van der Waals surface area (Å²) in [5.41, 5.74) is 3.17. The summed E-state index contributed by atoms with van der Waals surface area (Å²) in [4.78, 5) is 12.4. The Kier molecular flexibility index (Phi) is 5.35. The molecule has 1 amide bonds. The molecule has 0 aliphatic heterocycles. The molecular formula is C21H22N2O2. The minimum absolute atomic E-state index is 0.157. The Morgan fingerprint density at radius 2 is 2.04 bits per heavy atom. The maximum atomic E-state index is 12.4. The van der Waals surface area contributed by atoms with Gasteiger partial charge in [0.2, 0.25) is 0 Å². The lowest BCUT2D eigenvalue weighted by molar-refractivity contribution is -0.127. The van der Waals surface area contributed by atoms with Gasteiger partial charge in [-0.05, 0) is 49.4 Å². The number of para-hydroxylation sites is 1. The Morgan fingerprint density at radius 1 is 1.28 bits per heavy atom. The Labute approximate surface area is 148 Å². The molecule has 2 atom stereocenters. The van der Waals surface area contributed by atoms with E-state index in [9.17, 15) is 4.79 Å². The van der Waals surface area contributed by atoms with Crippen molar-refractivity contribution in [2.45, 2.75) is 38.2 Å². The van der Waals surface area contributed by atoms with Gasteiger partial charge in [-0.1, -0.05) is 36.4 Å². The Balaban J connectivity index is 1.59. The van der Waals surface area contributed by atoms with Gasteiger partial charge in [-0.25, -0.2) is 0 Å². The fraction of sp³-hybridized carbons (Fsp3) is 0.333. The largest absolute Gasteiger partial charge is 0.480 e. The third-order valence-electron chi connectivity index (χ3n) is 4.70. The van der Waals surface area contributed by atoms with Gasteiger partial charge in [-0.2, -0.15) is 5.26 Å². The predicted molar refractivity (Wildman–Crippen MR) is 96.4 cm³/mol. The highest BCUT2D eigenvalue weighted by Gasteiger charge is 2.22. The summed E-state index contributed by atoms with van der Waals surface area (Å²) in [6.07, 6.45) is 2.71. The normalized spacial score (nSPS) is 17.0.